The molecule has 0 radical (unpaired) electrons. The van der Waals surface area contributed by atoms with E-state index in [1.165, 1.54) is 5.56 Å². The van der Waals surface area contributed by atoms with Crippen molar-refractivity contribution in [3.63, 3.8) is 0 Å². The van der Waals surface area contributed by atoms with Crippen LogP contribution in [0.15, 0.2) is 42.6 Å². The zero-order valence-electron chi connectivity index (χ0n) is 11.8. The monoisotopic (exact) mass is 269 g/mol. The molecule has 0 fully saturated rings. The maximum atomic E-state index is 12.2. The van der Waals surface area contributed by atoms with Gasteiger partial charge in [-0.3, -0.25) is 4.79 Å². The van der Waals surface area contributed by atoms with Crippen molar-refractivity contribution in [2.75, 3.05) is 17.7 Å². The molecule has 0 spiro atoms. The average molecular weight is 269 g/mol. The molecule has 0 atom stereocenters. The highest BCUT2D eigenvalue weighted by Crippen LogP contribution is 2.14. The van der Waals surface area contributed by atoms with Gasteiger partial charge in [-0.25, -0.2) is 4.98 Å². The minimum Gasteiger partial charge on any atom is -0.384 e. The van der Waals surface area contributed by atoms with Gasteiger partial charge in [-0.2, -0.15) is 0 Å². The third kappa shape index (κ3) is 3.35. The molecule has 0 bridgehead atoms. The van der Waals surface area contributed by atoms with E-state index in [9.17, 15) is 4.79 Å². The van der Waals surface area contributed by atoms with E-state index in [2.05, 4.69) is 24.0 Å². The number of rotatable bonds is 4. The first kappa shape index (κ1) is 14.1. The van der Waals surface area contributed by atoms with Crippen LogP contribution in [0.4, 0.5) is 11.5 Å². The van der Waals surface area contributed by atoms with Crippen LogP contribution in [0.25, 0.3) is 0 Å². The summed E-state index contributed by atoms with van der Waals surface area (Å²) in [5.41, 5.74) is 8.58. The summed E-state index contributed by atoms with van der Waals surface area (Å²) in [6.07, 6.45) is 2.99. The summed E-state index contributed by atoms with van der Waals surface area (Å²) in [4.78, 5) is 17.8. The van der Waals surface area contributed by atoms with Crippen LogP contribution in [0.3, 0.4) is 0 Å². The van der Waals surface area contributed by atoms with E-state index >= 15 is 0 Å². The predicted octanol–water partition coefficient (Wildman–Crippen LogP) is 2.43. The van der Waals surface area contributed by atoms with E-state index in [-0.39, 0.29) is 5.91 Å². The summed E-state index contributed by atoms with van der Waals surface area (Å²) >= 11 is 0. The number of carbonyl (C=O) groups is 1. The fraction of sp³-hybridized carbons (Fsp3) is 0.250. The molecule has 0 saturated heterocycles. The number of carbonyl (C=O) groups excluding carboxylic acids is 1. The molecule has 1 heterocycles. The fourth-order valence-electron chi connectivity index (χ4n) is 1.93. The Kier molecular flexibility index (Phi) is 4.35. The first-order valence-corrected chi connectivity index (χ1v) is 6.66. The molecule has 0 aliphatic rings. The highest BCUT2D eigenvalue weighted by molar-refractivity contribution is 5.94. The van der Waals surface area contributed by atoms with E-state index < -0.39 is 0 Å². The number of pyridine rings is 1. The SMILES string of the molecule is CCc1ccc(CC(=O)N(C)c2ccc(N)nc2)cc1. The molecule has 0 unspecified atom stereocenters. The number of amides is 1. The molecule has 1 amide bonds. The maximum Gasteiger partial charge on any atom is 0.231 e. The molecule has 0 aliphatic heterocycles. The number of hydrogen-bond acceptors (Lipinski definition) is 3. The molecule has 1 aromatic heterocycles. The number of likely N-dealkylation sites (N-methyl/N-ethyl adjacent to an activating group) is 1. The first-order valence-electron chi connectivity index (χ1n) is 6.66. The molecule has 1 aromatic carbocycles. The van der Waals surface area contributed by atoms with Crippen molar-refractivity contribution in [3.8, 4) is 0 Å². The summed E-state index contributed by atoms with van der Waals surface area (Å²) in [7, 11) is 1.75. The Labute approximate surface area is 119 Å². The van der Waals surface area contributed by atoms with Gasteiger partial charge in [0.05, 0.1) is 18.3 Å². The smallest absolute Gasteiger partial charge is 0.231 e. The highest BCUT2D eigenvalue weighted by atomic mass is 16.2. The van der Waals surface area contributed by atoms with Crippen LogP contribution in [0, 0.1) is 0 Å². The van der Waals surface area contributed by atoms with Crippen LogP contribution in [0.5, 0.6) is 0 Å². The molecule has 2 rings (SSSR count). The van der Waals surface area contributed by atoms with E-state index in [0.29, 0.717) is 12.2 Å². The van der Waals surface area contributed by atoms with Gasteiger partial charge in [-0.15, -0.1) is 0 Å². The van der Waals surface area contributed by atoms with Gasteiger partial charge < -0.3 is 10.6 Å². The van der Waals surface area contributed by atoms with Gasteiger partial charge in [0.15, 0.2) is 0 Å². The Morgan fingerprint density at radius 3 is 2.35 bits per heavy atom. The number of nitrogens with two attached hydrogens (primary N) is 1. The Morgan fingerprint density at radius 1 is 1.15 bits per heavy atom. The summed E-state index contributed by atoms with van der Waals surface area (Å²) in [5, 5.41) is 0. The van der Waals surface area contributed by atoms with Gasteiger partial charge in [-0.1, -0.05) is 31.2 Å². The second-order valence-corrected chi connectivity index (χ2v) is 4.74. The summed E-state index contributed by atoms with van der Waals surface area (Å²) in [6, 6.07) is 11.6. The standard InChI is InChI=1S/C16H19N3O/c1-3-12-4-6-13(7-5-12)10-16(20)19(2)14-8-9-15(17)18-11-14/h4-9,11H,3,10H2,1-2H3,(H2,17,18). The van der Waals surface area contributed by atoms with Crippen molar-refractivity contribution in [2.24, 2.45) is 0 Å². The number of nitrogens with zero attached hydrogens (tertiary/aromatic N) is 2. The van der Waals surface area contributed by atoms with Gasteiger partial charge in [-0.05, 0) is 29.7 Å². The van der Waals surface area contributed by atoms with Crippen LogP contribution in [0.1, 0.15) is 18.1 Å². The van der Waals surface area contributed by atoms with Crippen molar-refractivity contribution in [2.45, 2.75) is 19.8 Å². The minimum atomic E-state index is 0.0285. The fourth-order valence-corrected chi connectivity index (χ4v) is 1.93. The Bertz CT molecular complexity index is 576. The minimum absolute atomic E-state index is 0.0285. The second kappa shape index (κ2) is 6.19. The van der Waals surface area contributed by atoms with Crippen LogP contribution >= 0.6 is 0 Å². The second-order valence-electron chi connectivity index (χ2n) is 4.74. The van der Waals surface area contributed by atoms with Crippen molar-refractivity contribution < 1.29 is 4.79 Å². The van der Waals surface area contributed by atoms with Crippen LogP contribution in [-0.4, -0.2) is 17.9 Å². The van der Waals surface area contributed by atoms with Crippen LogP contribution in [0.2, 0.25) is 0 Å². The predicted molar refractivity (Wildman–Crippen MR) is 81.6 cm³/mol. The van der Waals surface area contributed by atoms with Crippen molar-refractivity contribution in [1.29, 1.82) is 0 Å². The van der Waals surface area contributed by atoms with E-state index in [1.807, 2.05) is 12.1 Å². The molecule has 0 saturated carbocycles. The highest BCUT2D eigenvalue weighted by Gasteiger charge is 2.11. The van der Waals surface area contributed by atoms with Crippen molar-refractivity contribution >= 4 is 17.4 Å². The van der Waals surface area contributed by atoms with Crippen molar-refractivity contribution in [3.05, 3.63) is 53.7 Å². The number of anilines is 2. The zero-order valence-corrected chi connectivity index (χ0v) is 11.8. The van der Waals surface area contributed by atoms with E-state index in [1.54, 1.807) is 30.3 Å². The number of aromatic nitrogens is 1. The zero-order chi connectivity index (χ0) is 14.5. The third-order valence-corrected chi connectivity index (χ3v) is 3.32. The lowest BCUT2D eigenvalue weighted by Crippen LogP contribution is -2.27. The lowest BCUT2D eigenvalue weighted by Gasteiger charge is -2.17. The van der Waals surface area contributed by atoms with Crippen molar-refractivity contribution in [1.82, 2.24) is 4.98 Å². The molecule has 0 aliphatic carbocycles. The van der Waals surface area contributed by atoms with Crippen LogP contribution in [-0.2, 0) is 17.6 Å². The normalized spacial score (nSPS) is 10.3. The van der Waals surface area contributed by atoms with Gasteiger partial charge >= 0.3 is 0 Å². The summed E-state index contributed by atoms with van der Waals surface area (Å²) in [6.45, 7) is 2.11. The summed E-state index contributed by atoms with van der Waals surface area (Å²) < 4.78 is 0. The van der Waals surface area contributed by atoms with Gasteiger partial charge in [0.25, 0.3) is 0 Å². The lowest BCUT2D eigenvalue weighted by molar-refractivity contribution is -0.117. The molecule has 2 aromatic rings. The average Bonchev–Trinajstić information content (AvgIpc) is 2.48. The molecular weight excluding hydrogens is 250 g/mol. The Balaban J connectivity index is 2.05. The molecule has 104 valence electrons. The molecule has 4 nitrogen and oxygen atoms in total. The third-order valence-electron chi connectivity index (χ3n) is 3.32. The first-order chi connectivity index (χ1) is 9.60. The quantitative estimate of drug-likeness (QED) is 0.927. The van der Waals surface area contributed by atoms with E-state index in [0.717, 1.165) is 17.7 Å². The molecule has 2 N–H and O–H groups in total. The topological polar surface area (TPSA) is 59.2 Å². The van der Waals surface area contributed by atoms with Gasteiger partial charge in [0.2, 0.25) is 5.91 Å². The molecular formula is C16H19N3O. The number of nitrogen functional groups attached to an aromatic ring is 1. The van der Waals surface area contributed by atoms with Crippen LogP contribution < -0.4 is 10.6 Å². The Hall–Kier alpha value is -2.36. The van der Waals surface area contributed by atoms with Gasteiger partial charge in [0.1, 0.15) is 5.82 Å². The molecule has 4 heteroatoms. The number of hydrogen-bond donors (Lipinski definition) is 1. The number of aryl methyl sites for hydroxylation is 1. The number of benzene rings is 1. The molecule has 20 heavy (non-hydrogen) atoms. The Morgan fingerprint density at radius 2 is 1.80 bits per heavy atom. The largest absolute Gasteiger partial charge is 0.384 e. The summed E-state index contributed by atoms with van der Waals surface area (Å²) in [5.74, 6) is 0.477. The lowest BCUT2D eigenvalue weighted by atomic mass is 10.1. The van der Waals surface area contributed by atoms with E-state index in [4.69, 9.17) is 5.73 Å². The van der Waals surface area contributed by atoms with Gasteiger partial charge in [0, 0.05) is 7.05 Å². The maximum absolute atomic E-state index is 12.2.